The van der Waals surface area contributed by atoms with E-state index in [4.69, 9.17) is 0 Å². The van der Waals surface area contributed by atoms with Crippen molar-refractivity contribution in [2.45, 2.75) is 6.42 Å². The van der Waals surface area contributed by atoms with Crippen molar-refractivity contribution < 1.29 is 9.59 Å². The number of hydrogen-bond donors (Lipinski definition) is 1. The predicted molar refractivity (Wildman–Crippen MR) is 83.2 cm³/mol. The zero-order chi connectivity index (χ0) is 14.1. The van der Waals surface area contributed by atoms with Crippen LogP contribution < -0.4 is 5.32 Å². The molecule has 1 aromatic heterocycles. The first-order chi connectivity index (χ1) is 9.63. The highest BCUT2D eigenvalue weighted by atomic mass is 79.9. The maximum absolute atomic E-state index is 11.5. The number of nitrogens with one attached hydrogen (secondary N) is 1. The second kappa shape index (κ2) is 5.34. The fourth-order valence-corrected chi connectivity index (χ4v) is 3.67. The summed E-state index contributed by atoms with van der Waals surface area (Å²) in [5.74, 6) is -0.519. The van der Waals surface area contributed by atoms with Crippen molar-refractivity contribution >= 4 is 45.2 Å². The molecule has 20 heavy (non-hydrogen) atoms. The van der Waals surface area contributed by atoms with Gasteiger partial charge in [0.1, 0.15) is 0 Å². The highest BCUT2D eigenvalue weighted by molar-refractivity contribution is 9.10. The van der Waals surface area contributed by atoms with Gasteiger partial charge < -0.3 is 0 Å². The van der Waals surface area contributed by atoms with E-state index in [9.17, 15) is 9.59 Å². The standard InChI is InChI=1S/C15H10BrNO2S/c16-12-4-2-1-3-11(12)13-6-5-10(20-13)7-9-8-14(18)17-15(9)19/h1-7H,8H2,(H,17,18,19). The first-order valence-corrected chi connectivity index (χ1v) is 7.64. The van der Waals surface area contributed by atoms with Crippen molar-refractivity contribution in [2.75, 3.05) is 0 Å². The van der Waals surface area contributed by atoms with Crippen LogP contribution in [0.1, 0.15) is 11.3 Å². The van der Waals surface area contributed by atoms with E-state index in [0.717, 1.165) is 19.8 Å². The Labute approximate surface area is 128 Å². The molecule has 0 saturated carbocycles. The lowest BCUT2D eigenvalue weighted by molar-refractivity contribution is -0.124. The van der Waals surface area contributed by atoms with Gasteiger partial charge in [-0.1, -0.05) is 34.1 Å². The molecule has 3 rings (SSSR count). The molecule has 1 saturated heterocycles. The molecule has 2 heterocycles. The molecule has 2 aromatic rings. The van der Waals surface area contributed by atoms with E-state index in [1.54, 1.807) is 17.4 Å². The maximum atomic E-state index is 11.5. The molecule has 0 bridgehead atoms. The Kier molecular flexibility index (Phi) is 3.54. The van der Waals surface area contributed by atoms with Gasteiger partial charge in [-0.3, -0.25) is 14.9 Å². The maximum Gasteiger partial charge on any atom is 0.254 e. The van der Waals surface area contributed by atoms with Crippen LogP contribution in [0.15, 0.2) is 46.4 Å². The van der Waals surface area contributed by atoms with Crippen LogP contribution in [-0.4, -0.2) is 11.8 Å². The van der Waals surface area contributed by atoms with Gasteiger partial charge in [0, 0.05) is 25.4 Å². The lowest BCUT2D eigenvalue weighted by Crippen LogP contribution is -2.19. The number of carbonyl (C=O) groups is 2. The molecule has 0 spiro atoms. The van der Waals surface area contributed by atoms with Crippen LogP contribution in [0.5, 0.6) is 0 Å². The van der Waals surface area contributed by atoms with Gasteiger partial charge in [0.15, 0.2) is 0 Å². The minimum absolute atomic E-state index is 0.168. The van der Waals surface area contributed by atoms with E-state index in [1.165, 1.54) is 0 Å². The lowest BCUT2D eigenvalue weighted by Gasteiger charge is -1.99. The summed E-state index contributed by atoms with van der Waals surface area (Å²) in [6, 6.07) is 12.0. The monoisotopic (exact) mass is 347 g/mol. The molecule has 0 atom stereocenters. The van der Waals surface area contributed by atoms with Crippen molar-refractivity contribution in [2.24, 2.45) is 0 Å². The Bertz CT molecular complexity index is 733. The number of imide groups is 1. The molecule has 1 N–H and O–H groups in total. The normalized spacial score (nSPS) is 16.8. The third-order valence-electron chi connectivity index (χ3n) is 2.98. The molecule has 2 amide bonds. The molecule has 1 fully saturated rings. The minimum Gasteiger partial charge on any atom is -0.292 e. The SMILES string of the molecule is O=C1CC(=Cc2ccc(-c3ccccc3Br)s2)C(=O)N1. The number of amides is 2. The van der Waals surface area contributed by atoms with E-state index < -0.39 is 0 Å². The fraction of sp³-hybridized carbons (Fsp3) is 0.0667. The van der Waals surface area contributed by atoms with E-state index >= 15 is 0 Å². The number of hydrogen-bond acceptors (Lipinski definition) is 3. The van der Waals surface area contributed by atoms with Crippen LogP contribution in [0.3, 0.4) is 0 Å². The zero-order valence-corrected chi connectivity index (χ0v) is 12.8. The number of benzene rings is 1. The number of halogens is 1. The van der Waals surface area contributed by atoms with E-state index in [1.807, 2.05) is 36.4 Å². The van der Waals surface area contributed by atoms with Crippen LogP contribution in [0.4, 0.5) is 0 Å². The van der Waals surface area contributed by atoms with E-state index in [2.05, 4.69) is 21.2 Å². The van der Waals surface area contributed by atoms with Crippen molar-refractivity contribution in [3.8, 4) is 10.4 Å². The molecular weight excluding hydrogens is 338 g/mol. The predicted octanol–water partition coefficient (Wildman–Crippen LogP) is 3.61. The number of thiophene rings is 1. The van der Waals surface area contributed by atoms with Gasteiger partial charge in [0.2, 0.25) is 5.91 Å². The topological polar surface area (TPSA) is 46.2 Å². The quantitative estimate of drug-likeness (QED) is 0.666. The third kappa shape index (κ3) is 2.59. The molecule has 3 nitrogen and oxygen atoms in total. The second-order valence-electron chi connectivity index (χ2n) is 4.41. The summed E-state index contributed by atoms with van der Waals surface area (Å²) in [4.78, 5) is 24.8. The first kappa shape index (κ1) is 13.3. The molecule has 1 aliphatic rings. The van der Waals surface area contributed by atoms with E-state index in [0.29, 0.717) is 5.57 Å². The van der Waals surface area contributed by atoms with Crippen molar-refractivity contribution in [1.82, 2.24) is 5.32 Å². The summed E-state index contributed by atoms with van der Waals surface area (Å²) in [6.07, 6.45) is 1.95. The summed E-state index contributed by atoms with van der Waals surface area (Å²) in [7, 11) is 0. The third-order valence-corrected chi connectivity index (χ3v) is 4.74. The Balaban J connectivity index is 1.92. The van der Waals surface area contributed by atoms with Gasteiger partial charge in [-0.25, -0.2) is 0 Å². The van der Waals surface area contributed by atoms with Gasteiger partial charge in [-0.2, -0.15) is 0 Å². The molecule has 0 unspecified atom stereocenters. The second-order valence-corrected chi connectivity index (χ2v) is 6.38. The van der Waals surface area contributed by atoms with Crippen LogP contribution in [0.25, 0.3) is 16.5 Å². The smallest absolute Gasteiger partial charge is 0.254 e. The Morgan fingerprint density at radius 3 is 2.65 bits per heavy atom. The summed E-state index contributed by atoms with van der Waals surface area (Å²) in [6.45, 7) is 0. The van der Waals surface area contributed by atoms with Gasteiger partial charge in [-0.15, -0.1) is 11.3 Å². The fourth-order valence-electron chi connectivity index (χ4n) is 2.03. The van der Waals surface area contributed by atoms with Crippen molar-refractivity contribution in [3.63, 3.8) is 0 Å². The van der Waals surface area contributed by atoms with E-state index in [-0.39, 0.29) is 18.2 Å². The summed E-state index contributed by atoms with van der Waals surface area (Å²) < 4.78 is 1.04. The molecule has 100 valence electrons. The molecule has 0 aliphatic carbocycles. The highest BCUT2D eigenvalue weighted by Crippen LogP contribution is 2.34. The highest BCUT2D eigenvalue weighted by Gasteiger charge is 2.23. The Morgan fingerprint density at radius 2 is 1.95 bits per heavy atom. The van der Waals surface area contributed by atoms with Crippen LogP contribution >= 0.6 is 27.3 Å². The van der Waals surface area contributed by atoms with Crippen molar-refractivity contribution in [1.29, 1.82) is 0 Å². The number of rotatable bonds is 2. The summed E-state index contributed by atoms with van der Waals surface area (Å²) >= 11 is 5.12. The van der Waals surface area contributed by atoms with Crippen LogP contribution in [0.2, 0.25) is 0 Å². The van der Waals surface area contributed by atoms with Crippen molar-refractivity contribution in [3.05, 3.63) is 51.3 Å². The minimum atomic E-state index is -0.286. The summed E-state index contributed by atoms with van der Waals surface area (Å²) in [5, 5.41) is 2.29. The largest absolute Gasteiger partial charge is 0.292 e. The van der Waals surface area contributed by atoms with Gasteiger partial charge in [0.25, 0.3) is 5.91 Å². The first-order valence-electron chi connectivity index (χ1n) is 6.03. The number of carbonyl (C=O) groups excluding carboxylic acids is 2. The van der Waals surface area contributed by atoms with Gasteiger partial charge in [-0.05, 0) is 24.3 Å². The average molecular weight is 348 g/mol. The van der Waals surface area contributed by atoms with Crippen LogP contribution in [0, 0.1) is 0 Å². The van der Waals surface area contributed by atoms with Crippen LogP contribution in [-0.2, 0) is 9.59 Å². The molecule has 1 aliphatic heterocycles. The summed E-state index contributed by atoms with van der Waals surface area (Å²) in [5.41, 5.74) is 1.64. The molecule has 5 heteroatoms. The lowest BCUT2D eigenvalue weighted by atomic mass is 10.2. The molecule has 1 aromatic carbocycles. The molecule has 0 radical (unpaired) electrons. The molecular formula is C15H10BrNO2S. The van der Waals surface area contributed by atoms with Gasteiger partial charge >= 0.3 is 0 Å². The Hall–Kier alpha value is -1.72. The Morgan fingerprint density at radius 1 is 1.15 bits per heavy atom. The van der Waals surface area contributed by atoms with Gasteiger partial charge in [0.05, 0.1) is 6.42 Å². The average Bonchev–Trinajstić information content (AvgIpc) is 2.98. The zero-order valence-electron chi connectivity index (χ0n) is 10.4.